The molecule has 0 aliphatic heterocycles. The molecule has 0 fully saturated rings. The van der Waals surface area contributed by atoms with Crippen LogP contribution in [0.15, 0.2) is 30.5 Å². The molecular weight excluding hydrogens is 299 g/mol. The summed E-state index contributed by atoms with van der Waals surface area (Å²) in [5.41, 5.74) is 6.73. The van der Waals surface area contributed by atoms with E-state index in [1.54, 1.807) is 6.07 Å². The Kier molecular flexibility index (Phi) is 4.08. The predicted molar refractivity (Wildman–Crippen MR) is 77.8 cm³/mol. The van der Waals surface area contributed by atoms with E-state index in [9.17, 15) is 4.79 Å². The number of nitrogens with one attached hydrogen (secondary N) is 1. The maximum Gasteiger partial charge on any atom is 0.258 e. The number of hydrogen-bond acceptors (Lipinski definition) is 4. The lowest BCUT2D eigenvalue weighted by atomic mass is 10.2. The fourth-order valence-electron chi connectivity index (χ4n) is 1.51. The molecule has 0 aliphatic rings. The summed E-state index contributed by atoms with van der Waals surface area (Å²) in [7, 11) is 0. The largest absolute Gasteiger partial charge is 0.397 e. The molecule has 0 aliphatic carbocycles. The quantitative estimate of drug-likeness (QED) is 0.834. The third-order valence-electron chi connectivity index (χ3n) is 2.45. The monoisotopic (exact) mass is 306 g/mol. The van der Waals surface area contributed by atoms with Gasteiger partial charge in [-0.15, -0.1) is 0 Å². The summed E-state index contributed by atoms with van der Waals surface area (Å²) in [6.45, 7) is 0. The van der Waals surface area contributed by atoms with Crippen molar-refractivity contribution < 1.29 is 4.79 Å². The number of carbonyl (C=O) groups is 1. The molecule has 5 nitrogen and oxygen atoms in total. The standard InChI is InChI=1S/C13H8Cl2N4O/c14-11-2-1-9(3-7(11)5-16)19-13(20)10-4-8(17)6-18-12(10)15/h1-4,6H,17H2,(H,19,20). The van der Waals surface area contributed by atoms with Gasteiger partial charge in [0.15, 0.2) is 0 Å². The predicted octanol–water partition coefficient (Wildman–Crippen LogP) is 3.09. The second-order valence-electron chi connectivity index (χ2n) is 3.87. The van der Waals surface area contributed by atoms with Crippen LogP contribution in [0.1, 0.15) is 15.9 Å². The van der Waals surface area contributed by atoms with Crippen LogP contribution >= 0.6 is 23.2 Å². The van der Waals surface area contributed by atoms with Crippen LogP contribution in [0.2, 0.25) is 10.2 Å². The van der Waals surface area contributed by atoms with Crippen molar-refractivity contribution in [2.75, 3.05) is 11.1 Å². The van der Waals surface area contributed by atoms with Gasteiger partial charge < -0.3 is 11.1 Å². The van der Waals surface area contributed by atoms with Crippen molar-refractivity contribution in [1.82, 2.24) is 4.98 Å². The Morgan fingerprint density at radius 2 is 2.10 bits per heavy atom. The number of rotatable bonds is 2. The summed E-state index contributed by atoms with van der Waals surface area (Å²) < 4.78 is 0. The molecule has 2 aromatic rings. The first-order valence-corrected chi connectivity index (χ1v) is 6.19. The Bertz CT molecular complexity index is 725. The number of halogens is 2. The Balaban J connectivity index is 2.28. The highest BCUT2D eigenvalue weighted by atomic mass is 35.5. The number of carbonyl (C=O) groups excluding carboxylic acids is 1. The first-order valence-electron chi connectivity index (χ1n) is 5.43. The molecule has 1 amide bonds. The van der Waals surface area contributed by atoms with Gasteiger partial charge >= 0.3 is 0 Å². The highest BCUT2D eigenvalue weighted by Crippen LogP contribution is 2.21. The van der Waals surface area contributed by atoms with Crippen LogP contribution in [0.5, 0.6) is 0 Å². The van der Waals surface area contributed by atoms with Crippen LogP contribution in [-0.4, -0.2) is 10.9 Å². The number of nitrogens with zero attached hydrogens (tertiary/aromatic N) is 2. The normalized spacial score (nSPS) is 9.85. The van der Waals surface area contributed by atoms with Crippen molar-refractivity contribution in [2.24, 2.45) is 0 Å². The fourth-order valence-corrected chi connectivity index (χ4v) is 1.86. The molecule has 1 aromatic heterocycles. The zero-order chi connectivity index (χ0) is 14.7. The van der Waals surface area contributed by atoms with Gasteiger partial charge in [-0.05, 0) is 24.3 Å². The zero-order valence-electron chi connectivity index (χ0n) is 10.0. The highest BCUT2D eigenvalue weighted by molar-refractivity contribution is 6.33. The van der Waals surface area contributed by atoms with E-state index < -0.39 is 5.91 Å². The summed E-state index contributed by atoms with van der Waals surface area (Å²) in [4.78, 5) is 15.9. The van der Waals surface area contributed by atoms with Crippen LogP contribution in [0.4, 0.5) is 11.4 Å². The van der Waals surface area contributed by atoms with Crippen molar-refractivity contribution in [2.45, 2.75) is 0 Å². The number of benzene rings is 1. The molecule has 7 heteroatoms. The lowest BCUT2D eigenvalue weighted by molar-refractivity contribution is 0.102. The fraction of sp³-hybridized carbons (Fsp3) is 0. The number of amides is 1. The number of anilines is 2. The molecular formula is C13H8Cl2N4O. The van der Waals surface area contributed by atoms with Crippen molar-refractivity contribution in [1.29, 1.82) is 5.26 Å². The smallest absolute Gasteiger partial charge is 0.258 e. The van der Waals surface area contributed by atoms with E-state index in [0.717, 1.165) is 0 Å². The molecule has 0 radical (unpaired) electrons. The maximum absolute atomic E-state index is 12.1. The van der Waals surface area contributed by atoms with Gasteiger partial charge in [-0.3, -0.25) is 4.79 Å². The van der Waals surface area contributed by atoms with Crippen LogP contribution in [-0.2, 0) is 0 Å². The molecule has 1 aromatic carbocycles. The Hall–Kier alpha value is -2.29. The minimum atomic E-state index is -0.471. The third-order valence-corrected chi connectivity index (χ3v) is 3.08. The number of hydrogen-bond donors (Lipinski definition) is 2. The van der Waals surface area contributed by atoms with Gasteiger partial charge in [-0.1, -0.05) is 23.2 Å². The third kappa shape index (κ3) is 2.99. The van der Waals surface area contributed by atoms with Gasteiger partial charge in [0.05, 0.1) is 28.0 Å². The number of nitriles is 1. The highest BCUT2D eigenvalue weighted by Gasteiger charge is 2.13. The van der Waals surface area contributed by atoms with Crippen molar-refractivity contribution >= 4 is 40.5 Å². The number of nitrogens with two attached hydrogens (primary N) is 1. The SMILES string of the molecule is N#Cc1cc(NC(=O)c2cc(N)cnc2Cl)ccc1Cl. The van der Waals surface area contributed by atoms with E-state index in [1.807, 2.05) is 6.07 Å². The molecule has 0 saturated heterocycles. The summed E-state index contributed by atoms with van der Waals surface area (Å²) in [5.74, 6) is -0.471. The topological polar surface area (TPSA) is 91.8 Å². The maximum atomic E-state index is 12.1. The lowest BCUT2D eigenvalue weighted by Gasteiger charge is -2.07. The van der Waals surface area contributed by atoms with Gasteiger partial charge in [0.2, 0.25) is 0 Å². The Morgan fingerprint density at radius 3 is 2.80 bits per heavy atom. The lowest BCUT2D eigenvalue weighted by Crippen LogP contribution is -2.13. The molecule has 0 bridgehead atoms. The minimum absolute atomic E-state index is 0.0474. The first kappa shape index (κ1) is 14.1. The van der Waals surface area contributed by atoms with E-state index >= 15 is 0 Å². The first-order chi connectivity index (χ1) is 9.51. The molecule has 0 saturated carbocycles. The van der Waals surface area contributed by atoms with Crippen LogP contribution in [0.25, 0.3) is 0 Å². The molecule has 1 heterocycles. The van der Waals surface area contributed by atoms with Gasteiger partial charge in [0.1, 0.15) is 11.2 Å². The van der Waals surface area contributed by atoms with Crippen LogP contribution in [0, 0.1) is 11.3 Å². The Labute approximate surface area is 124 Å². The minimum Gasteiger partial charge on any atom is -0.397 e. The molecule has 2 rings (SSSR count). The molecule has 100 valence electrons. The molecule has 0 atom stereocenters. The molecule has 0 unspecified atom stereocenters. The van der Waals surface area contributed by atoms with Crippen molar-refractivity contribution in [3.8, 4) is 6.07 Å². The second kappa shape index (κ2) is 5.78. The van der Waals surface area contributed by atoms with E-state index in [-0.39, 0.29) is 16.3 Å². The van der Waals surface area contributed by atoms with Gasteiger partial charge in [-0.25, -0.2) is 4.98 Å². The summed E-state index contributed by atoms with van der Waals surface area (Å²) >= 11 is 11.7. The number of nitrogen functional groups attached to an aromatic ring is 1. The number of aromatic nitrogens is 1. The van der Waals surface area contributed by atoms with Gasteiger partial charge in [0.25, 0.3) is 5.91 Å². The summed E-state index contributed by atoms with van der Waals surface area (Å²) in [5, 5.41) is 11.8. The van der Waals surface area contributed by atoms with Crippen molar-refractivity contribution in [3.63, 3.8) is 0 Å². The summed E-state index contributed by atoms with van der Waals surface area (Å²) in [6, 6.07) is 7.92. The molecule has 20 heavy (non-hydrogen) atoms. The molecule has 0 spiro atoms. The summed E-state index contributed by atoms with van der Waals surface area (Å²) in [6.07, 6.45) is 1.36. The van der Waals surface area contributed by atoms with E-state index in [2.05, 4.69) is 10.3 Å². The van der Waals surface area contributed by atoms with Gasteiger partial charge in [0, 0.05) is 5.69 Å². The van der Waals surface area contributed by atoms with E-state index in [4.69, 9.17) is 34.2 Å². The molecule has 3 N–H and O–H groups in total. The van der Waals surface area contributed by atoms with Crippen LogP contribution in [0.3, 0.4) is 0 Å². The van der Waals surface area contributed by atoms with E-state index in [0.29, 0.717) is 16.4 Å². The van der Waals surface area contributed by atoms with Crippen molar-refractivity contribution in [3.05, 3.63) is 51.8 Å². The Morgan fingerprint density at radius 1 is 1.35 bits per heavy atom. The number of pyridine rings is 1. The average Bonchev–Trinajstić information content (AvgIpc) is 2.43. The average molecular weight is 307 g/mol. The zero-order valence-corrected chi connectivity index (χ0v) is 11.5. The second-order valence-corrected chi connectivity index (χ2v) is 4.63. The van der Waals surface area contributed by atoms with Gasteiger partial charge in [-0.2, -0.15) is 5.26 Å². The van der Waals surface area contributed by atoms with E-state index in [1.165, 1.54) is 24.4 Å². The van der Waals surface area contributed by atoms with Crippen LogP contribution < -0.4 is 11.1 Å².